The van der Waals surface area contributed by atoms with Crippen LogP contribution in [-0.4, -0.2) is 46.3 Å². The molecule has 29 heavy (non-hydrogen) atoms. The summed E-state index contributed by atoms with van der Waals surface area (Å²) in [4.78, 5) is 30.7. The lowest BCUT2D eigenvalue weighted by atomic mass is 9.79. The van der Waals surface area contributed by atoms with Crippen molar-refractivity contribution in [3.05, 3.63) is 71.4 Å². The largest absolute Gasteiger partial charge is 0.350 e. The normalized spacial score (nSPS) is 21.7. The van der Waals surface area contributed by atoms with Gasteiger partial charge in [-0.15, -0.1) is 0 Å². The van der Waals surface area contributed by atoms with E-state index in [0.29, 0.717) is 5.56 Å². The number of amides is 2. The molecule has 5 rings (SSSR count). The lowest BCUT2D eigenvalue weighted by Crippen LogP contribution is -2.46. The van der Waals surface area contributed by atoms with E-state index in [1.54, 1.807) is 4.90 Å². The Balaban J connectivity index is 1.73. The van der Waals surface area contributed by atoms with E-state index in [0.717, 1.165) is 48.0 Å². The van der Waals surface area contributed by atoms with Crippen molar-refractivity contribution in [2.75, 3.05) is 20.1 Å². The number of fused-ring (bicyclic) bond motifs is 2. The van der Waals surface area contributed by atoms with Gasteiger partial charge in [-0.3, -0.25) is 9.59 Å². The van der Waals surface area contributed by atoms with Crippen molar-refractivity contribution in [1.82, 2.24) is 14.4 Å². The Kier molecular flexibility index (Phi) is 4.19. The fourth-order valence-electron chi connectivity index (χ4n) is 5.07. The molecule has 3 heterocycles. The first-order valence-corrected chi connectivity index (χ1v) is 10.3. The Labute approximate surface area is 170 Å². The molecular formula is C24H25N3O2. The fraction of sp³-hybridized carbons (Fsp3) is 0.333. The van der Waals surface area contributed by atoms with Gasteiger partial charge >= 0.3 is 0 Å². The summed E-state index contributed by atoms with van der Waals surface area (Å²) >= 11 is 0. The molecule has 3 aromatic rings. The summed E-state index contributed by atoms with van der Waals surface area (Å²) in [7, 11) is 3.84. The Bertz CT molecular complexity index is 1110. The number of para-hydroxylation sites is 1. The van der Waals surface area contributed by atoms with Crippen LogP contribution in [0.5, 0.6) is 0 Å². The molecule has 0 spiro atoms. The highest BCUT2D eigenvalue weighted by Gasteiger charge is 2.45. The molecule has 1 fully saturated rings. The van der Waals surface area contributed by atoms with Crippen LogP contribution in [0.4, 0.5) is 0 Å². The minimum Gasteiger partial charge on any atom is -0.350 e. The molecule has 2 amide bonds. The van der Waals surface area contributed by atoms with Crippen LogP contribution < -0.4 is 0 Å². The first-order chi connectivity index (χ1) is 14.1. The molecule has 0 aliphatic carbocycles. The molecule has 0 N–H and O–H groups in total. The van der Waals surface area contributed by atoms with E-state index < -0.39 is 5.92 Å². The van der Waals surface area contributed by atoms with Crippen LogP contribution in [0.1, 0.15) is 46.3 Å². The lowest BCUT2D eigenvalue weighted by Gasteiger charge is -2.40. The summed E-state index contributed by atoms with van der Waals surface area (Å²) in [6.45, 7) is 1.61. The van der Waals surface area contributed by atoms with Gasteiger partial charge in [0.05, 0.1) is 12.0 Å². The fourth-order valence-corrected chi connectivity index (χ4v) is 5.07. The molecule has 0 saturated carbocycles. The smallest absolute Gasteiger partial charge is 0.254 e. The standard InChI is InChI=1S/C24H25N3O2/c1-25-15-19(16-9-5-6-12-20(16)25)22-21(24(29)27-13-7-8-14-27)17-10-3-4-11-18(17)23(28)26(22)2/h3-6,9-12,15,21-22H,7-8,13-14H2,1-2H3. The summed E-state index contributed by atoms with van der Waals surface area (Å²) in [6.07, 6.45) is 4.18. The number of hydrogen-bond acceptors (Lipinski definition) is 2. The van der Waals surface area contributed by atoms with Gasteiger partial charge in [0.1, 0.15) is 0 Å². The average molecular weight is 387 g/mol. The van der Waals surface area contributed by atoms with Crippen molar-refractivity contribution < 1.29 is 9.59 Å². The lowest BCUT2D eigenvalue weighted by molar-refractivity contribution is -0.133. The quantitative estimate of drug-likeness (QED) is 0.673. The number of likely N-dealkylation sites (N-methyl/N-ethyl adjacent to an activating group) is 1. The van der Waals surface area contributed by atoms with E-state index in [-0.39, 0.29) is 17.9 Å². The predicted octanol–water partition coefficient (Wildman–Crippen LogP) is 3.71. The third kappa shape index (κ3) is 2.68. The van der Waals surface area contributed by atoms with Crippen LogP contribution in [0.15, 0.2) is 54.7 Å². The zero-order valence-corrected chi connectivity index (χ0v) is 16.8. The molecular weight excluding hydrogens is 362 g/mol. The highest BCUT2D eigenvalue weighted by atomic mass is 16.2. The molecule has 2 aliphatic rings. The first-order valence-electron chi connectivity index (χ1n) is 10.3. The molecule has 5 nitrogen and oxygen atoms in total. The third-order valence-electron chi connectivity index (χ3n) is 6.51. The van der Waals surface area contributed by atoms with Crippen LogP contribution in [0.3, 0.4) is 0 Å². The molecule has 2 atom stereocenters. The van der Waals surface area contributed by atoms with Crippen molar-refractivity contribution in [3.8, 4) is 0 Å². The maximum atomic E-state index is 13.7. The van der Waals surface area contributed by atoms with Crippen molar-refractivity contribution in [2.45, 2.75) is 24.8 Å². The molecule has 148 valence electrons. The summed E-state index contributed by atoms with van der Waals surface area (Å²) in [5.41, 5.74) is 3.63. The van der Waals surface area contributed by atoms with Gasteiger partial charge in [-0.1, -0.05) is 36.4 Å². The topological polar surface area (TPSA) is 45.6 Å². The number of nitrogens with zero attached hydrogens (tertiary/aromatic N) is 3. The number of carbonyl (C=O) groups is 2. The minimum atomic E-state index is -0.391. The van der Waals surface area contributed by atoms with Crippen molar-refractivity contribution >= 4 is 22.7 Å². The second-order valence-electron chi connectivity index (χ2n) is 8.17. The molecule has 1 saturated heterocycles. The number of aromatic nitrogens is 1. The number of carbonyl (C=O) groups excluding carboxylic acids is 2. The van der Waals surface area contributed by atoms with E-state index in [9.17, 15) is 9.59 Å². The van der Waals surface area contributed by atoms with E-state index in [4.69, 9.17) is 0 Å². The Morgan fingerprint density at radius 2 is 1.62 bits per heavy atom. The number of rotatable bonds is 2. The predicted molar refractivity (Wildman–Crippen MR) is 113 cm³/mol. The summed E-state index contributed by atoms with van der Waals surface area (Å²) < 4.78 is 2.08. The van der Waals surface area contributed by atoms with Gasteiger partial charge in [-0.05, 0) is 30.5 Å². The zero-order chi connectivity index (χ0) is 20.1. The van der Waals surface area contributed by atoms with E-state index in [1.807, 2.05) is 55.4 Å². The number of aryl methyl sites for hydroxylation is 1. The number of benzene rings is 2. The molecule has 2 aliphatic heterocycles. The SMILES string of the molecule is CN1C(=O)c2ccccc2C(C(=O)N2CCCC2)C1c1cn(C)c2ccccc12. The van der Waals surface area contributed by atoms with Gasteiger partial charge in [0, 0.05) is 55.4 Å². The van der Waals surface area contributed by atoms with Gasteiger partial charge in [0.15, 0.2) is 0 Å². The summed E-state index contributed by atoms with van der Waals surface area (Å²) in [5, 5.41) is 1.10. The van der Waals surface area contributed by atoms with Crippen molar-refractivity contribution in [2.24, 2.45) is 7.05 Å². The number of likely N-dealkylation sites (tertiary alicyclic amines) is 1. The van der Waals surface area contributed by atoms with Gasteiger partial charge in [-0.2, -0.15) is 0 Å². The van der Waals surface area contributed by atoms with Crippen LogP contribution in [0.2, 0.25) is 0 Å². The summed E-state index contributed by atoms with van der Waals surface area (Å²) in [6, 6.07) is 15.5. The van der Waals surface area contributed by atoms with E-state index in [2.05, 4.69) is 22.9 Å². The van der Waals surface area contributed by atoms with E-state index in [1.165, 1.54) is 0 Å². The van der Waals surface area contributed by atoms with Crippen molar-refractivity contribution in [3.63, 3.8) is 0 Å². The van der Waals surface area contributed by atoms with Crippen LogP contribution in [0.25, 0.3) is 10.9 Å². The molecule has 0 bridgehead atoms. The molecule has 0 radical (unpaired) electrons. The van der Waals surface area contributed by atoms with Gasteiger partial charge in [0.25, 0.3) is 5.91 Å². The first kappa shape index (κ1) is 18.0. The Morgan fingerprint density at radius 3 is 2.41 bits per heavy atom. The Morgan fingerprint density at radius 1 is 0.931 bits per heavy atom. The second-order valence-corrected chi connectivity index (χ2v) is 8.17. The third-order valence-corrected chi connectivity index (χ3v) is 6.51. The van der Waals surface area contributed by atoms with Gasteiger partial charge < -0.3 is 14.4 Å². The van der Waals surface area contributed by atoms with Gasteiger partial charge in [-0.25, -0.2) is 0 Å². The monoisotopic (exact) mass is 387 g/mol. The second kappa shape index (κ2) is 6.76. The van der Waals surface area contributed by atoms with Crippen LogP contribution in [0, 0.1) is 0 Å². The van der Waals surface area contributed by atoms with E-state index >= 15 is 0 Å². The molecule has 2 unspecified atom stereocenters. The summed E-state index contributed by atoms with van der Waals surface area (Å²) in [5.74, 6) is -0.283. The molecule has 5 heteroatoms. The minimum absolute atomic E-state index is 0.0241. The highest BCUT2D eigenvalue weighted by Crippen LogP contribution is 2.45. The van der Waals surface area contributed by atoms with Crippen LogP contribution in [-0.2, 0) is 11.8 Å². The Hall–Kier alpha value is -3.08. The van der Waals surface area contributed by atoms with Crippen molar-refractivity contribution in [1.29, 1.82) is 0 Å². The maximum Gasteiger partial charge on any atom is 0.254 e. The highest BCUT2D eigenvalue weighted by molar-refractivity contribution is 6.02. The zero-order valence-electron chi connectivity index (χ0n) is 16.8. The molecule has 2 aromatic carbocycles. The van der Waals surface area contributed by atoms with Gasteiger partial charge in [0.2, 0.25) is 5.91 Å². The average Bonchev–Trinajstić information content (AvgIpc) is 3.39. The number of hydrogen-bond donors (Lipinski definition) is 0. The molecule has 1 aromatic heterocycles. The maximum absolute atomic E-state index is 13.7. The van der Waals surface area contributed by atoms with Crippen LogP contribution >= 0.6 is 0 Å².